The van der Waals surface area contributed by atoms with Crippen molar-refractivity contribution in [2.24, 2.45) is 0 Å². The van der Waals surface area contributed by atoms with Crippen molar-refractivity contribution in [1.29, 1.82) is 5.26 Å². The highest BCUT2D eigenvalue weighted by Crippen LogP contribution is 2.16. The fourth-order valence-corrected chi connectivity index (χ4v) is 2.12. The Hall–Kier alpha value is -2.29. The van der Waals surface area contributed by atoms with Gasteiger partial charge in [-0.1, -0.05) is 12.1 Å². The van der Waals surface area contributed by atoms with Crippen molar-refractivity contribution in [3.63, 3.8) is 0 Å². The summed E-state index contributed by atoms with van der Waals surface area (Å²) >= 11 is 0. The highest BCUT2D eigenvalue weighted by molar-refractivity contribution is 6.59. The Morgan fingerprint density at radius 2 is 1.86 bits per heavy atom. The Kier molecular flexibility index (Phi) is 4.64. The first-order valence-electron chi connectivity index (χ1n) is 6.60. The zero-order chi connectivity index (χ0) is 15.4. The van der Waals surface area contributed by atoms with Crippen LogP contribution in [0.4, 0.5) is 0 Å². The molecule has 106 valence electrons. The Balaban J connectivity index is 2.10. The van der Waals surface area contributed by atoms with Crippen LogP contribution in [0.1, 0.15) is 22.3 Å². The second-order valence-corrected chi connectivity index (χ2v) is 4.93. The largest absolute Gasteiger partial charge is 0.489 e. The lowest BCUT2D eigenvalue weighted by Gasteiger charge is -2.11. The lowest BCUT2D eigenvalue weighted by Crippen LogP contribution is -2.31. The topological polar surface area (TPSA) is 73.5 Å². The summed E-state index contributed by atoms with van der Waals surface area (Å²) in [6.45, 7) is 4.14. The van der Waals surface area contributed by atoms with E-state index in [0.717, 1.165) is 16.7 Å². The van der Waals surface area contributed by atoms with E-state index in [0.29, 0.717) is 23.4 Å². The molecule has 0 fully saturated rings. The molecule has 0 spiro atoms. The van der Waals surface area contributed by atoms with Gasteiger partial charge in [-0.25, -0.2) is 0 Å². The van der Waals surface area contributed by atoms with Crippen molar-refractivity contribution in [2.45, 2.75) is 20.5 Å². The fourth-order valence-electron chi connectivity index (χ4n) is 2.12. The van der Waals surface area contributed by atoms with Gasteiger partial charge in [-0.2, -0.15) is 5.26 Å². The van der Waals surface area contributed by atoms with Gasteiger partial charge in [-0.05, 0) is 60.3 Å². The van der Waals surface area contributed by atoms with E-state index in [1.165, 1.54) is 0 Å². The molecule has 2 aromatic carbocycles. The third-order valence-electron chi connectivity index (χ3n) is 3.39. The van der Waals surface area contributed by atoms with Gasteiger partial charge in [0, 0.05) is 0 Å². The maximum absolute atomic E-state index is 9.18. The van der Waals surface area contributed by atoms with Crippen LogP contribution in [0.25, 0.3) is 0 Å². The Labute approximate surface area is 124 Å². The highest BCUT2D eigenvalue weighted by Gasteiger charge is 2.14. The van der Waals surface area contributed by atoms with Crippen LogP contribution < -0.4 is 10.2 Å². The molecular formula is C16H16BNO3. The molecule has 0 atom stereocenters. The summed E-state index contributed by atoms with van der Waals surface area (Å²) in [5.74, 6) is 0.667. The van der Waals surface area contributed by atoms with Crippen molar-refractivity contribution in [1.82, 2.24) is 0 Å². The Morgan fingerprint density at radius 3 is 2.43 bits per heavy atom. The molecule has 0 amide bonds. The number of aryl methyl sites for hydroxylation is 2. The third kappa shape index (κ3) is 3.63. The lowest BCUT2D eigenvalue weighted by molar-refractivity contribution is 0.305. The van der Waals surface area contributed by atoms with Gasteiger partial charge in [0.1, 0.15) is 12.4 Å². The van der Waals surface area contributed by atoms with E-state index in [1.54, 1.807) is 31.2 Å². The average Bonchev–Trinajstić information content (AvgIpc) is 2.45. The predicted octanol–water partition coefficient (Wildman–Crippen LogP) is 1.43. The van der Waals surface area contributed by atoms with Crippen molar-refractivity contribution in [3.05, 3.63) is 58.7 Å². The monoisotopic (exact) mass is 281 g/mol. The van der Waals surface area contributed by atoms with E-state index >= 15 is 0 Å². The molecule has 0 saturated heterocycles. The van der Waals surface area contributed by atoms with E-state index in [4.69, 9.17) is 10.00 Å². The summed E-state index contributed by atoms with van der Waals surface area (Å²) in [6, 6.07) is 12.7. The number of nitrogens with zero attached hydrogens (tertiary/aromatic N) is 1. The first kappa shape index (κ1) is 15.1. The number of rotatable bonds is 4. The van der Waals surface area contributed by atoms with E-state index < -0.39 is 7.12 Å². The quantitative estimate of drug-likeness (QED) is 0.831. The van der Waals surface area contributed by atoms with Gasteiger partial charge in [0.25, 0.3) is 0 Å². The molecule has 0 aliphatic heterocycles. The number of ether oxygens (including phenoxy) is 1. The molecule has 21 heavy (non-hydrogen) atoms. The van der Waals surface area contributed by atoms with Gasteiger partial charge in [-0.3, -0.25) is 0 Å². The van der Waals surface area contributed by atoms with Crippen LogP contribution in [0.3, 0.4) is 0 Å². The SMILES string of the molecule is Cc1cc(C#N)ccc1COc1ccc(B(O)O)c(C)c1. The van der Waals surface area contributed by atoms with E-state index in [-0.39, 0.29) is 0 Å². The van der Waals surface area contributed by atoms with Crippen molar-refractivity contribution >= 4 is 12.6 Å². The van der Waals surface area contributed by atoms with Gasteiger partial charge in [0.05, 0.1) is 11.6 Å². The zero-order valence-corrected chi connectivity index (χ0v) is 12.0. The molecule has 0 aliphatic rings. The van der Waals surface area contributed by atoms with E-state index in [1.807, 2.05) is 19.1 Å². The molecule has 0 unspecified atom stereocenters. The number of hydrogen-bond acceptors (Lipinski definition) is 4. The Bertz CT molecular complexity index is 692. The molecule has 5 heteroatoms. The van der Waals surface area contributed by atoms with Crippen LogP contribution >= 0.6 is 0 Å². The Morgan fingerprint density at radius 1 is 1.10 bits per heavy atom. The molecular weight excluding hydrogens is 265 g/mol. The van der Waals surface area contributed by atoms with Gasteiger partial charge in [0.15, 0.2) is 0 Å². The third-order valence-corrected chi connectivity index (χ3v) is 3.39. The second kappa shape index (κ2) is 6.44. The van der Waals surface area contributed by atoms with Gasteiger partial charge < -0.3 is 14.8 Å². The standard InChI is InChI=1S/C16H16BNO3/c1-11-7-13(9-18)3-4-14(11)10-21-15-5-6-16(17(19)20)12(2)8-15/h3-8,19-20H,10H2,1-2H3. The van der Waals surface area contributed by atoms with Gasteiger partial charge in [0.2, 0.25) is 0 Å². The molecule has 0 aromatic heterocycles. The van der Waals surface area contributed by atoms with Crippen molar-refractivity contribution in [2.75, 3.05) is 0 Å². The van der Waals surface area contributed by atoms with Crippen LogP contribution in [-0.4, -0.2) is 17.2 Å². The van der Waals surface area contributed by atoms with Crippen LogP contribution in [0.5, 0.6) is 5.75 Å². The summed E-state index contributed by atoms with van der Waals surface area (Å²) in [5.41, 5.74) is 3.88. The van der Waals surface area contributed by atoms with Crippen LogP contribution in [0.15, 0.2) is 36.4 Å². The predicted molar refractivity (Wildman–Crippen MR) is 81.2 cm³/mol. The number of benzene rings is 2. The average molecular weight is 281 g/mol. The van der Waals surface area contributed by atoms with Gasteiger partial charge >= 0.3 is 7.12 Å². The zero-order valence-electron chi connectivity index (χ0n) is 12.0. The lowest BCUT2D eigenvalue weighted by atomic mass is 9.77. The van der Waals surface area contributed by atoms with Crippen LogP contribution in [0, 0.1) is 25.2 Å². The minimum Gasteiger partial charge on any atom is -0.489 e. The summed E-state index contributed by atoms with van der Waals surface area (Å²) in [5, 5.41) is 27.2. The molecule has 2 aromatic rings. The second-order valence-electron chi connectivity index (χ2n) is 4.93. The highest BCUT2D eigenvalue weighted by atomic mass is 16.5. The summed E-state index contributed by atoms with van der Waals surface area (Å²) in [7, 11) is -1.47. The molecule has 0 saturated carbocycles. The van der Waals surface area contributed by atoms with Crippen LogP contribution in [-0.2, 0) is 6.61 Å². The minimum atomic E-state index is -1.47. The minimum absolute atomic E-state index is 0.401. The fraction of sp³-hybridized carbons (Fsp3) is 0.188. The molecule has 0 aliphatic carbocycles. The number of nitriles is 1. The molecule has 0 bridgehead atoms. The summed E-state index contributed by atoms with van der Waals surface area (Å²) < 4.78 is 5.72. The van der Waals surface area contributed by atoms with Gasteiger partial charge in [-0.15, -0.1) is 0 Å². The maximum atomic E-state index is 9.18. The smallest absolute Gasteiger partial charge is 0.488 e. The van der Waals surface area contributed by atoms with Crippen molar-refractivity contribution in [3.8, 4) is 11.8 Å². The number of hydrogen-bond donors (Lipinski definition) is 2. The molecule has 2 N–H and O–H groups in total. The summed E-state index contributed by atoms with van der Waals surface area (Å²) in [6.07, 6.45) is 0. The molecule has 0 radical (unpaired) electrons. The first-order chi connectivity index (χ1) is 10.0. The molecule has 2 rings (SSSR count). The molecule has 4 nitrogen and oxygen atoms in total. The van der Waals surface area contributed by atoms with E-state index in [9.17, 15) is 10.0 Å². The van der Waals surface area contributed by atoms with Crippen molar-refractivity contribution < 1.29 is 14.8 Å². The first-order valence-corrected chi connectivity index (χ1v) is 6.60. The maximum Gasteiger partial charge on any atom is 0.488 e. The summed E-state index contributed by atoms with van der Waals surface area (Å²) in [4.78, 5) is 0. The van der Waals surface area contributed by atoms with Crippen LogP contribution in [0.2, 0.25) is 0 Å². The molecule has 0 heterocycles. The van der Waals surface area contributed by atoms with E-state index in [2.05, 4.69) is 6.07 Å². The normalized spacial score (nSPS) is 10.0.